The molecule has 2 atom stereocenters. The van der Waals surface area contributed by atoms with E-state index in [-0.39, 0.29) is 5.91 Å². The Labute approximate surface area is 147 Å². The summed E-state index contributed by atoms with van der Waals surface area (Å²) in [4.78, 5) is 24.0. The van der Waals surface area contributed by atoms with Crippen molar-refractivity contribution in [1.29, 1.82) is 0 Å². The lowest BCUT2D eigenvalue weighted by Crippen LogP contribution is -2.46. The van der Waals surface area contributed by atoms with E-state index in [0.717, 1.165) is 5.56 Å². The van der Waals surface area contributed by atoms with E-state index in [1.807, 2.05) is 36.4 Å². The van der Waals surface area contributed by atoms with E-state index in [1.165, 1.54) is 13.2 Å². The fraction of sp³-hybridized carbons (Fsp3) is 0.200. The first-order valence-electron chi connectivity index (χ1n) is 7.91. The van der Waals surface area contributed by atoms with Crippen LogP contribution in [-0.4, -0.2) is 31.3 Å². The molecule has 5 nitrogen and oxygen atoms in total. The summed E-state index contributed by atoms with van der Waals surface area (Å²) in [5, 5.41) is 2.92. The van der Waals surface area contributed by atoms with Crippen molar-refractivity contribution < 1.29 is 19.1 Å². The van der Waals surface area contributed by atoms with Gasteiger partial charge in [0.05, 0.1) is 13.2 Å². The average Bonchev–Trinajstić information content (AvgIpc) is 2.66. The zero-order valence-corrected chi connectivity index (χ0v) is 14.1. The van der Waals surface area contributed by atoms with Crippen LogP contribution in [0.3, 0.4) is 0 Å². The standard InChI is InChI=1S/C20H21NO4/c1-3-18(25-20(23)24-2)17(14-15-10-6-4-7-11-15)21-19(22)16-12-8-5-9-13-16/h3-13,17-18H,1,14H2,2H3,(H,21,22)/t17-,18?/m0/s1. The lowest BCUT2D eigenvalue weighted by atomic mass is 10.0. The van der Waals surface area contributed by atoms with Gasteiger partial charge in [-0.25, -0.2) is 4.79 Å². The van der Waals surface area contributed by atoms with Crippen molar-refractivity contribution in [2.75, 3.05) is 7.11 Å². The summed E-state index contributed by atoms with van der Waals surface area (Å²) in [7, 11) is 1.23. The van der Waals surface area contributed by atoms with Crippen LogP contribution in [0.1, 0.15) is 15.9 Å². The van der Waals surface area contributed by atoms with E-state index >= 15 is 0 Å². The number of amides is 1. The van der Waals surface area contributed by atoms with Crippen LogP contribution in [-0.2, 0) is 15.9 Å². The first-order valence-corrected chi connectivity index (χ1v) is 7.91. The highest BCUT2D eigenvalue weighted by molar-refractivity contribution is 5.94. The summed E-state index contributed by atoms with van der Waals surface area (Å²) in [6, 6.07) is 18.0. The van der Waals surface area contributed by atoms with Gasteiger partial charge < -0.3 is 14.8 Å². The molecule has 2 aromatic rings. The second-order valence-electron chi connectivity index (χ2n) is 5.41. The third kappa shape index (κ3) is 5.49. The maximum Gasteiger partial charge on any atom is 0.508 e. The minimum Gasteiger partial charge on any atom is -0.438 e. The van der Waals surface area contributed by atoms with Gasteiger partial charge >= 0.3 is 6.16 Å². The lowest BCUT2D eigenvalue weighted by molar-refractivity contribution is 0.0385. The van der Waals surface area contributed by atoms with Crippen molar-refractivity contribution in [2.45, 2.75) is 18.6 Å². The average molecular weight is 339 g/mol. The van der Waals surface area contributed by atoms with Gasteiger partial charge in [0.2, 0.25) is 0 Å². The number of hydrogen-bond acceptors (Lipinski definition) is 4. The molecule has 0 aromatic heterocycles. The summed E-state index contributed by atoms with van der Waals surface area (Å²) in [5.74, 6) is -0.248. The van der Waals surface area contributed by atoms with Gasteiger partial charge in [-0.1, -0.05) is 55.1 Å². The van der Waals surface area contributed by atoms with Crippen molar-refractivity contribution >= 4 is 12.1 Å². The minimum atomic E-state index is -0.822. The Hall–Kier alpha value is -3.08. The monoisotopic (exact) mass is 339 g/mol. The van der Waals surface area contributed by atoms with Crippen LogP contribution in [0.4, 0.5) is 4.79 Å². The molecule has 0 aliphatic heterocycles. The highest BCUT2D eigenvalue weighted by atomic mass is 16.7. The molecule has 0 saturated carbocycles. The first-order chi connectivity index (χ1) is 12.1. The third-order valence-corrected chi connectivity index (χ3v) is 3.68. The van der Waals surface area contributed by atoms with Crippen LogP contribution in [0.15, 0.2) is 73.3 Å². The molecule has 2 rings (SSSR count). The van der Waals surface area contributed by atoms with E-state index in [9.17, 15) is 9.59 Å². The number of nitrogens with one attached hydrogen (secondary N) is 1. The van der Waals surface area contributed by atoms with Gasteiger partial charge in [-0.05, 0) is 30.2 Å². The van der Waals surface area contributed by atoms with Crippen LogP contribution < -0.4 is 5.32 Å². The van der Waals surface area contributed by atoms with Crippen LogP contribution in [0.25, 0.3) is 0 Å². The van der Waals surface area contributed by atoms with E-state index < -0.39 is 18.3 Å². The third-order valence-electron chi connectivity index (χ3n) is 3.68. The number of methoxy groups -OCH3 is 1. The Bertz CT molecular complexity index is 700. The van der Waals surface area contributed by atoms with Gasteiger partial charge in [-0.3, -0.25) is 4.79 Å². The van der Waals surface area contributed by atoms with Crippen molar-refractivity contribution in [2.24, 2.45) is 0 Å². The Morgan fingerprint density at radius 1 is 1.08 bits per heavy atom. The number of ether oxygens (including phenoxy) is 2. The SMILES string of the molecule is C=CC(OC(=O)OC)[C@H](Cc1ccccc1)NC(=O)c1ccccc1. The zero-order valence-electron chi connectivity index (χ0n) is 14.1. The number of rotatable bonds is 7. The first kappa shape index (κ1) is 18.3. The van der Waals surface area contributed by atoms with Crippen molar-refractivity contribution in [3.63, 3.8) is 0 Å². The molecule has 0 radical (unpaired) electrons. The second kappa shape index (κ2) is 9.27. The number of carbonyl (C=O) groups is 2. The highest BCUT2D eigenvalue weighted by Crippen LogP contribution is 2.12. The largest absolute Gasteiger partial charge is 0.508 e. The molecule has 0 heterocycles. The van der Waals surface area contributed by atoms with Crippen LogP contribution in [0, 0.1) is 0 Å². The number of carbonyl (C=O) groups excluding carboxylic acids is 2. The van der Waals surface area contributed by atoms with Crippen molar-refractivity contribution in [3.05, 3.63) is 84.4 Å². The molecule has 1 amide bonds. The molecular formula is C20H21NO4. The lowest BCUT2D eigenvalue weighted by Gasteiger charge is -2.25. The molecule has 0 aliphatic rings. The smallest absolute Gasteiger partial charge is 0.438 e. The topological polar surface area (TPSA) is 64.6 Å². The second-order valence-corrected chi connectivity index (χ2v) is 5.41. The molecule has 0 saturated heterocycles. The van der Waals surface area contributed by atoms with Gasteiger partial charge in [0.1, 0.15) is 6.10 Å². The molecule has 0 bridgehead atoms. The van der Waals surface area contributed by atoms with E-state index in [1.54, 1.807) is 24.3 Å². The number of hydrogen-bond donors (Lipinski definition) is 1. The zero-order chi connectivity index (χ0) is 18.1. The van der Waals surface area contributed by atoms with Gasteiger partial charge in [-0.2, -0.15) is 0 Å². The summed E-state index contributed by atoms with van der Waals surface area (Å²) in [6.07, 6.45) is 0.417. The summed E-state index contributed by atoms with van der Waals surface area (Å²) >= 11 is 0. The van der Waals surface area contributed by atoms with Gasteiger partial charge in [0, 0.05) is 5.56 Å². The quantitative estimate of drug-likeness (QED) is 0.620. The Morgan fingerprint density at radius 3 is 2.24 bits per heavy atom. The maximum atomic E-state index is 12.5. The van der Waals surface area contributed by atoms with Gasteiger partial charge in [-0.15, -0.1) is 0 Å². The van der Waals surface area contributed by atoms with E-state index in [2.05, 4.69) is 16.6 Å². The van der Waals surface area contributed by atoms with E-state index in [4.69, 9.17) is 4.74 Å². The van der Waals surface area contributed by atoms with Crippen molar-refractivity contribution in [3.8, 4) is 0 Å². The molecule has 0 spiro atoms. The van der Waals surface area contributed by atoms with Crippen molar-refractivity contribution in [1.82, 2.24) is 5.32 Å². The van der Waals surface area contributed by atoms with Gasteiger partial charge in [0.25, 0.3) is 5.91 Å². The predicted octanol–water partition coefficient (Wildman–Crippen LogP) is 3.37. The molecule has 1 N–H and O–H groups in total. The fourth-order valence-electron chi connectivity index (χ4n) is 2.41. The van der Waals surface area contributed by atoms with Crippen LogP contribution in [0.2, 0.25) is 0 Å². The Morgan fingerprint density at radius 2 is 1.68 bits per heavy atom. The van der Waals surface area contributed by atoms with Crippen LogP contribution >= 0.6 is 0 Å². The van der Waals surface area contributed by atoms with Crippen LogP contribution in [0.5, 0.6) is 0 Å². The van der Waals surface area contributed by atoms with E-state index in [0.29, 0.717) is 12.0 Å². The van der Waals surface area contributed by atoms with Gasteiger partial charge in [0.15, 0.2) is 0 Å². The maximum absolute atomic E-state index is 12.5. The predicted molar refractivity (Wildman–Crippen MR) is 95.3 cm³/mol. The summed E-state index contributed by atoms with van der Waals surface area (Å²) < 4.78 is 9.78. The molecule has 0 fully saturated rings. The molecule has 0 aliphatic carbocycles. The Balaban J connectivity index is 2.19. The molecule has 1 unspecified atom stereocenters. The Kier molecular flexibility index (Phi) is 6.77. The normalized spacial score (nSPS) is 12.5. The molecule has 25 heavy (non-hydrogen) atoms. The fourth-order valence-corrected chi connectivity index (χ4v) is 2.41. The summed E-state index contributed by atoms with van der Waals surface area (Å²) in [5.41, 5.74) is 1.53. The summed E-state index contributed by atoms with van der Waals surface area (Å²) in [6.45, 7) is 3.71. The highest BCUT2D eigenvalue weighted by Gasteiger charge is 2.25. The molecular weight excluding hydrogens is 318 g/mol. The molecule has 130 valence electrons. The molecule has 2 aromatic carbocycles. The molecule has 5 heteroatoms. The minimum absolute atomic E-state index is 0.248. The number of benzene rings is 2.